The molecule has 0 unspecified atom stereocenters. The lowest BCUT2D eigenvalue weighted by molar-refractivity contribution is 0.389. The summed E-state index contributed by atoms with van der Waals surface area (Å²) in [5, 5.41) is 9.19. The van der Waals surface area contributed by atoms with Crippen molar-refractivity contribution in [2.75, 3.05) is 7.05 Å². The van der Waals surface area contributed by atoms with E-state index in [1.165, 1.54) is 10.9 Å². The minimum absolute atomic E-state index is 0.678. The van der Waals surface area contributed by atoms with Crippen LogP contribution in [0.15, 0.2) is 35.0 Å². The van der Waals surface area contributed by atoms with Crippen LogP contribution in [-0.2, 0) is 13.1 Å². The summed E-state index contributed by atoms with van der Waals surface area (Å²) in [7, 11) is 1.94. The molecule has 0 atom stereocenters. The highest BCUT2D eigenvalue weighted by atomic mass is 35.5. The fourth-order valence-electron chi connectivity index (χ4n) is 2.47. The maximum absolute atomic E-state index is 6.12. The maximum Gasteiger partial charge on any atom is 0.133 e. The average Bonchev–Trinajstić information content (AvgIpc) is 2.96. The van der Waals surface area contributed by atoms with Crippen LogP contribution in [0.5, 0.6) is 0 Å². The third-order valence-corrected chi connectivity index (χ3v) is 3.54. The third kappa shape index (κ3) is 2.44. The van der Waals surface area contributed by atoms with Crippen LogP contribution in [0.3, 0.4) is 0 Å². The summed E-state index contributed by atoms with van der Waals surface area (Å²) in [6, 6.07) is 7.93. The number of rotatable bonds is 4. The SMILES string of the molecule is CNCc1cn(Cc2cc(C)on2)c2cc(Cl)ccc12. The van der Waals surface area contributed by atoms with Crippen molar-refractivity contribution in [3.8, 4) is 0 Å². The minimum Gasteiger partial charge on any atom is -0.361 e. The Hall–Kier alpha value is -1.78. The molecule has 2 aromatic heterocycles. The molecule has 20 heavy (non-hydrogen) atoms. The van der Waals surface area contributed by atoms with E-state index in [0.29, 0.717) is 6.54 Å². The molecule has 0 saturated carbocycles. The van der Waals surface area contributed by atoms with Crippen LogP contribution >= 0.6 is 11.6 Å². The van der Waals surface area contributed by atoms with Crippen molar-refractivity contribution < 1.29 is 4.52 Å². The van der Waals surface area contributed by atoms with Crippen molar-refractivity contribution in [3.05, 3.63) is 52.5 Å². The van der Waals surface area contributed by atoms with Crippen LogP contribution in [0.2, 0.25) is 5.02 Å². The number of nitrogens with zero attached hydrogens (tertiary/aromatic N) is 2. The lowest BCUT2D eigenvalue weighted by atomic mass is 10.2. The summed E-state index contributed by atoms with van der Waals surface area (Å²) in [5.41, 5.74) is 3.28. The molecule has 3 aromatic rings. The first-order chi connectivity index (χ1) is 9.67. The summed E-state index contributed by atoms with van der Waals surface area (Å²) in [5.74, 6) is 0.824. The Bertz CT molecular complexity index is 745. The number of nitrogens with one attached hydrogen (secondary N) is 1. The van der Waals surface area contributed by atoms with Gasteiger partial charge in [-0.05, 0) is 31.7 Å². The highest BCUT2D eigenvalue weighted by Gasteiger charge is 2.10. The first-order valence-corrected chi connectivity index (χ1v) is 6.89. The largest absolute Gasteiger partial charge is 0.361 e. The average molecular weight is 290 g/mol. The van der Waals surface area contributed by atoms with E-state index in [4.69, 9.17) is 16.1 Å². The Morgan fingerprint density at radius 3 is 2.90 bits per heavy atom. The Morgan fingerprint density at radius 2 is 2.20 bits per heavy atom. The Balaban J connectivity index is 2.06. The van der Waals surface area contributed by atoms with E-state index in [0.717, 1.165) is 28.5 Å². The smallest absolute Gasteiger partial charge is 0.133 e. The van der Waals surface area contributed by atoms with Gasteiger partial charge in [-0.15, -0.1) is 0 Å². The van der Waals surface area contributed by atoms with Crippen molar-refractivity contribution in [2.45, 2.75) is 20.0 Å². The lowest BCUT2D eigenvalue weighted by Gasteiger charge is -2.02. The second-order valence-corrected chi connectivity index (χ2v) is 5.34. The van der Waals surface area contributed by atoms with Gasteiger partial charge in [-0.1, -0.05) is 22.8 Å². The summed E-state index contributed by atoms with van der Waals surface area (Å²) in [6.07, 6.45) is 2.14. The van der Waals surface area contributed by atoms with Gasteiger partial charge in [0, 0.05) is 29.2 Å². The zero-order valence-corrected chi connectivity index (χ0v) is 12.2. The molecule has 0 fully saturated rings. The second-order valence-electron chi connectivity index (χ2n) is 4.90. The van der Waals surface area contributed by atoms with Crippen molar-refractivity contribution in [3.63, 3.8) is 0 Å². The van der Waals surface area contributed by atoms with Crippen LogP contribution in [0.4, 0.5) is 0 Å². The van der Waals surface area contributed by atoms with E-state index in [9.17, 15) is 0 Å². The summed E-state index contributed by atoms with van der Waals surface area (Å²) in [6.45, 7) is 3.40. The molecule has 5 heteroatoms. The van der Waals surface area contributed by atoms with Gasteiger partial charge in [0.1, 0.15) is 11.5 Å². The highest BCUT2D eigenvalue weighted by Crippen LogP contribution is 2.25. The molecular formula is C15H16ClN3O. The van der Waals surface area contributed by atoms with E-state index in [-0.39, 0.29) is 0 Å². The molecule has 0 aliphatic rings. The van der Waals surface area contributed by atoms with E-state index in [2.05, 4.69) is 27.3 Å². The topological polar surface area (TPSA) is 43.0 Å². The molecule has 0 aliphatic carbocycles. The molecule has 0 spiro atoms. The molecule has 0 amide bonds. The van der Waals surface area contributed by atoms with Crippen molar-refractivity contribution in [1.82, 2.24) is 15.0 Å². The fourth-order valence-corrected chi connectivity index (χ4v) is 2.64. The van der Waals surface area contributed by atoms with Gasteiger partial charge in [0.15, 0.2) is 0 Å². The molecule has 3 rings (SSSR count). The van der Waals surface area contributed by atoms with Gasteiger partial charge in [0.05, 0.1) is 12.1 Å². The van der Waals surface area contributed by atoms with Gasteiger partial charge in [-0.25, -0.2) is 0 Å². The van der Waals surface area contributed by atoms with Crippen molar-refractivity contribution in [2.24, 2.45) is 0 Å². The number of benzene rings is 1. The molecule has 1 aromatic carbocycles. The molecule has 0 aliphatic heterocycles. The van der Waals surface area contributed by atoms with E-state index < -0.39 is 0 Å². The predicted molar refractivity (Wildman–Crippen MR) is 80.1 cm³/mol. The number of hydrogen-bond acceptors (Lipinski definition) is 3. The standard InChI is InChI=1S/C15H16ClN3O/c1-10-5-13(18-20-10)9-19-8-11(7-17-2)14-4-3-12(16)6-15(14)19/h3-6,8,17H,7,9H2,1-2H3. The number of halogens is 1. The molecule has 4 nitrogen and oxygen atoms in total. The second kappa shape index (κ2) is 5.31. The number of hydrogen-bond donors (Lipinski definition) is 1. The van der Waals surface area contributed by atoms with Gasteiger partial charge in [0.25, 0.3) is 0 Å². The van der Waals surface area contributed by atoms with Gasteiger partial charge >= 0.3 is 0 Å². The summed E-state index contributed by atoms with van der Waals surface area (Å²) in [4.78, 5) is 0. The monoisotopic (exact) mass is 289 g/mol. The quantitative estimate of drug-likeness (QED) is 0.801. The first-order valence-electron chi connectivity index (χ1n) is 6.51. The van der Waals surface area contributed by atoms with Gasteiger partial charge in [0.2, 0.25) is 0 Å². The molecule has 0 saturated heterocycles. The fraction of sp³-hybridized carbons (Fsp3) is 0.267. The van der Waals surface area contributed by atoms with Gasteiger partial charge in [-0.2, -0.15) is 0 Å². The van der Waals surface area contributed by atoms with Crippen LogP contribution in [-0.4, -0.2) is 16.8 Å². The molecule has 0 bridgehead atoms. The van der Waals surface area contributed by atoms with Crippen LogP contribution < -0.4 is 5.32 Å². The first kappa shape index (κ1) is 13.2. The highest BCUT2D eigenvalue weighted by molar-refractivity contribution is 6.31. The van der Waals surface area contributed by atoms with Crippen LogP contribution in [0.25, 0.3) is 10.9 Å². The summed E-state index contributed by atoms with van der Waals surface area (Å²) >= 11 is 6.12. The lowest BCUT2D eigenvalue weighted by Crippen LogP contribution is -2.04. The predicted octanol–water partition coefficient (Wildman–Crippen LogP) is 3.36. The number of aryl methyl sites for hydroxylation is 1. The number of fused-ring (bicyclic) bond motifs is 1. The Morgan fingerprint density at radius 1 is 1.35 bits per heavy atom. The van der Waals surface area contributed by atoms with Gasteiger partial charge < -0.3 is 14.4 Å². The summed E-state index contributed by atoms with van der Waals surface area (Å²) < 4.78 is 7.28. The van der Waals surface area contributed by atoms with Gasteiger partial charge in [-0.3, -0.25) is 0 Å². The van der Waals surface area contributed by atoms with Crippen molar-refractivity contribution >= 4 is 22.5 Å². The van der Waals surface area contributed by atoms with E-state index >= 15 is 0 Å². The maximum atomic E-state index is 6.12. The molecule has 2 heterocycles. The normalized spacial score (nSPS) is 11.3. The molecule has 1 N–H and O–H groups in total. The van der Waals surface area contributed by atoms with Crippen molar-refractivity contribution in [1.29, 1.82) is 0 Å². The molecular weight excluding hydrogens is 274 g/mol. The van der Waals surface area contributed by atoms with Crippen LogP contribution in [0, 0.1) is 6.92 Å². The zero-order valence-electron chi connectivity index (χ0n) is 11.5. The Kier molecular flexibility index (Phi) is 3.51. The third-order valence-electron chi connectivity index (χ3n) is 3.30. The Labute approximate surface area is 122 Å². The number of aromatic nitrogens is 2. The van der Waals surface area contributed by atoms with Crippen LogP contribution in [0.1, 0.15) is 17.0 Å². The molecule has 0 radical (unpaired) electrons. The minimum atomic E-state index is 0.678. The van der Waals surface area contributed by atoms with E-state index in [1.54, 1.807) is 0 Å². The molecule has 104 valence electrons. The van der Waals surface area contributed by atoms with E-state index in [1.807, 2.05) is 32.2 Å². The zero-order chi connectivity index (χ0) is 14.1.